The number of carbonyl (C=O) groups is 1. The van der Waals surface area contributed by atoms with Gasteiger partial charge in [0.1, 0.15) is 12.4 Å². The summed E-state index contributed by atoms with van der Waals surface area (Å²) in [4.78, 5) is 18.9. The van der Waals surface area contributed by atoms with E-state index in [0.717, 1.165) is 0 Å². The average Bonchev–Trinajstić information content (AvgIpc) is 2.36. The average molecular weight is 259 g/mol. The molecule has 6 heteroatoms. The van der Waals surface area contributed by atoms with E-state index in [1.54, 1.807) is 31.2 Å². The maximum absolute atomic E-state index is 10.8. The summed E-state index contributed by atoms with van der Waals surface area (Å²) in [5.41, 5.74) is 6.74. The van der Waals surface area contributed by atoms with E-state index in [1.165, 1.54) is 6.20 Å². The Bertz CT molecular complexity index is 614. The highest BCUT2D eigenvalue weighted by molar-refractivity contribution is 5.88. The van der Waals surface area contributed by atoms with E-state index < -0.39 is 5.97 Å². The van der Waals surface area contributed by atoms with Gasteiger partial charge in [-0.25, -0.2) is 14.8 Å². The second kappa shape index (κ2) is 5.34. The number of carboxylic acid groups (broad SMARTS) is 1. The maximum Gasteiger partial charge on any atom is 0.339 e. The minimum absolute atomic E-state index is 0.0905. The first-order valence-corrected chi connectivity index (χ1v) is 5.60. The predicted octanol–water partition coefficient (Wildman–Crippen LogP) is 1.64. The molecule has 0 radical (unpaired) electrons. The predicted molar refractivity (Wildman–Crippen MR) is 68.9 cm³/mol. The standard InChI is InChI=1S/C13H13N3O3/c1-8-11(13(17)18)6-15-12(16-8)7-19-10-4-2-3-9(14)5-10/h2-6H,7,14H2,1H3,(H,17,18). The van der Waals surface area contributed by atoms with Crippen molar-refractivity contribution in [3.63, 3.8) is 0 Å². The van der Waals surface area contributed by atoms with Crippen LogP contribution in [0.15, 0.2) is 30.5 Å². The van der Waals surface area contributed by atoms with Crippen molar-refractivity contribution < 1.29 is 14.6 Å². The summed E-state index contributed by atoms with van der Waals surface area (Å²) in [6.45, 7) is 1.78. The van der Waals surface area contributed by atoms with Gasteiger partial charge < -0.3 is 15.6 Å². The van der Waals surface area contributed by atoms with Gasteiger partial charge in [-0.05, 0) is 19.1 Å². The summed E-state index contributed by atoms with van der Waals surface area (Å²) in [5.74, 6) is -0.00529. The molecular weight excluding hydrogens is 246 g/mol. The summed E-state index contributed by atoms with van der Waals surface area (Å²) < 4.78 is 5.48. The molecule has 0 aliphatic heterocycles. The van der Waals surface area contributed by atoms with E-state index in [2.05, 4.69) is 9.97 Å². The number of benzene rings is 1. The molecule has 0 unspecified atom stereocenters. The monoisotopic (exact) mass is 259 g/mol. The van der Waals surface area contributed by atoms with E-state index >= 15 is 0 Å². The zero-order valence-corrected chi connectivity index (χ0v) is 10.3. The second-order valence-corrected chi connectivity index (χ2v) is 3.95. The molecule has 6 nitrogen and oxygen atoms in total. The third-order valence-corrected chi connectivity index (χ3v) is 2.49. The third kappa shape index (κ3) is 3.19. The van der Waals surface area contributed by atoms with Crippen LogP contribution in [0.3, 0.4) is 0 Å². The van der Waals surface area contributed by atoms with Gasteiger partial charge in [-0.1, -0.05) is 6.07 Å². The molecular formula is C13H13N3O3. The molecule has 0 atom stereocenters. The van der Waals surface area contributed by atoms with Gasteiger partial charge in [-0.2, -0.15) is 0 Å². The fraction of sp³-hybridized carbons (Fsp3) is 0.154. The van der Waals surface area contributed by atoms with E-state index in [0.29, 0.717) is 23.0 Å². The van der Waals surface area contributed by atoms with Gasteiger partial charge in [0.15, 0.2) is 5.82 Å². The van der Waals surface area contributed by atoms with Gasteiger partial charge in [0.05, 0.1) is 11.3 Å². The van der Waals surface area contributed by atoms with Crippen LogP contribution < -0.4 is 10.5 Å². The topological polar surface area (TPSA) is 98.3 Å². The number of aromatic nitrogens is 2. The number of aromatic carboxylic acids is 1. The van der Waals surface area contributed by atoms with E-state index in [1.807, 2.05) is 0 Å². The number of carboxylic acids is 1. The van der Waals surface area contributed by atoms with Gasteiger partial charge >= 0.3 is 5.97 Å². The SMILES string of the molecule is Cc1nc(COc2cccc(N)c2)ncc1C(=O)O. The smallest absolute Gasteiger partial charge is 0.339 e. The largest absolute Gasteiger partial charge is 0.486 e. The van der Waals surface area contributed by atoms with E-state index in [-0.39, 0.29) is 12.2 Å². The molecule has 1 aromatic heterocycles. The summed E-state index contributed by atoms with van der Waals surface area (Å²) in [6, 6.07) is 7.01. The molecule has 2 aromatic rings. The molecule has 19 heavy (non-hydrogen) atoms. The van der Waals surface area contributed by atoms with Gasteiger partial charge in [0.25, 0.3) is 0 Å². The van der Waals surface area contributed by atoms with Gasteiger partial charge in [0.2, 0.25) is 0 Å². The summed E-state index contributed by atoms with van der Waals surface area (Å²) >= 11 is 0. The number of anilines is 1. The Morgan fingerprint density at radius 3 is 2.89 bits per heavy atom. The van der Waals surface area contributed by atoms with Crippen LogP contribution in [0, 0.1) is 6.92 Å². The maximum atomic E-state index is 10.8. The van der Waals surface area contributed by atoms with Crippen molar-refractivity contribution in [1.29, 1.82) is 0 Å². The third-order valence-electron chi connectivity index (χ3n) is 2.49. The van der Waals surface area contributed by atoms with E-state index in [9.17, 15) is 4.79 Å². The highest BCUT2D eigenvalue weighted by Gasteiger charge is 2.10. The molecule has 0 saturated heterocycles. The molecule has 3 N–H and O–H groups in total. The van der Waals surface area contributed by atoms with Gasteiger partial charge in [0, 0.05) is 18.0 Å². The number of nitrogens with zero attached hydrogens (tertiary/aromatic N) is 2. The minimum Gasteiger partial charge on any atom is -0.486 e. The lowest BCUT2D eigenvalue weighted by Crippen LogP contribution is -2.08. The van der Waals surface area contributed by atoms with Crippen LogP contribution >= 0.6 is 0 Å². The van der Waals surface area contributed by atoms with Crippen molar-refractivity contribution in [1.82, 2.24) is 9.97 Å². The number of nitrogens with two attached hydrogens (primary N) is 1. The lowest BCUT2D eigenvalue weighted by molar-refractivity contribution is 0.0695. The van der Waals surface area contributed by atoms with Crippen molar-refractivity contribution in [2.45, 2.75) is 13.5 Å². The first-order chi connectivity index (χ1) is 9.06. The van der Waals surface area contributed by atoms with Crippen molar-refractivity contribution in [3.8, 4) is 5.75 Å². The molecule has 0 aliphatic rings. The van der Waals surface area contributed by atoms with Crippen molar-refractivity contribution in [3.05, 3.63) is 47.5 Å². The zero-order chi connectivity index (χ0) is 13.8. The van der Waals surface area contributed by atoms with Crippen LogP contribution in [-0.2, 0) is 6.61 Å². The Hall–Kier alpha value is -2.63. The van der Waals surface area contributed by atoms with Crippen molar-refractivity contribution in [2.75, 3.05) is 5.73 Å². The highest BCUT2D eigenvalue weighted by atomic mass is 16.5. The van der Waals surface area contributed by atoms with Crippen LogP contribution in [0.4, 0.5) is 5.69 Å². The number of aryl methyl sites for hydroxylation is 1. The molecule has 0 amide bonds. The molecule has 98 valence electrons. The van der Waals surface area contributed by atoms with Crippen LogP contribution in [0.2, 0.25) is 0 Å². The Balaban J connectivity index is 2.08. The molecule has 2 rings (SSSR count). The van der Waals surface area contributed by atoms with Crippen LogP contribution in [0.5, 0.6) is 5.75 Å². The molecule has 0 spiro atoms. The van der Waals surface area contributed by atoms with Gasteiger partial charge in [-0.15, -0.1) is 0 Å². The summed E-state index contributed by atoms with van der Waals surface area (Å²) in [5, 5.41) is 8.87. The van der Waals surface area contributed by atoms with Crippen LogP contribution in [0.1, 0.15) is 21.9 Å². The Morgan fingerprint density at radius 1 is 1.47 bits per heavy atom. The number of nitrogen functional groups attached to an aromatic ring is 1. The Morgan fingerprint density at radius 2 is 2.26 bits per heavy atom. The first-order valence-electron chi connectivity index (χ1n) is 5.60. The molecule has 1 aromatic carbocycles. The molecule has 0 fully saturated rings. The van der Waals surface area contributed by atoms with E-state index in [4.69, 9.17) is 15.6 Å². The number of ether oxygens (including phenoxy) is 1. The van der Waals surface area contributed by atoms with Crippen LogP contribution in [-0.4, -0.2) is 21.0 Å². The molecule has 0 saturated carbocycles. The normalized spacial score (nSPS) is 10.2. The van der Waals surface area contributed by atoms with Crippen molar-refractivity contribution >= 4 is 11.7 Å². The fourth-order valence-corrected chi connectivity index (χ4v) is 1.55. The summed E-state index contributed by atoms with van der Waals surface area (Å²) in [7, 11) is 0. The summed E-state index contributed by atoms with van der Waals surface area (Å²) in [6.07, 6.45) is 1.28. The number of rotatable bonds is 4. The number of hydrogen-bond donors (Lipinski definition) is 2. The first kappa shape index (κ1) is 12.8. The highest BCUT2D eigenvalue weighted by Crippen LogP contribution is 2.15. The zero-order valence-electron chi connectivity index (χ0n) is 10.3. The van der Waals surface area contributed by atoms with Crippen molar-refractivity contribution in [2.24, 2.45) is 0 Å². The molecule has 0 aliphatic carbocycles. The number of hydrogen-bond acceptors (Lipinski definition) is 5. The van der Waals surface area contributed by atoms with Crippen LogP contribution in [0.25, 0.3) is 0 Å². The van der Waals surface area contributed by atoms with Gasteiger partial charge in [-0.3, -0.25) is 0 Å². The Kier molecular flexibility index (Phi) is 3.61. The molecule has 0 bridgehead atoms. The lowest BCUT2D eigenvalue weighted by atomic mass is 10.2. The lowest BCUT2D eigenvalue weighted by Gasteiger charge is -2.07. The molecule has 1 heterocycles. The fourth-order valence-electron chi connectivity index (χ4n) is 1.55. The quantitative estimate of drug-likeness (QED) is 0.810. The minimum atomic E-state index is -1.04. The second-order valence-electron chi connectivity index (χ2n) is 3.95. The Labute approximate surface area is 109 Å².